The number of rotatable bonds is 3. The predicted molar refractivity (Wildman–Crippen MR) is 51.4 cm³/mol. The summed E-state index contributed by atoms with van der Waals surface area (Å²) < 4.78 is 0. The van der Waals surface area contributed by atoms with Gasteiger partial charge in [0.25, 0.3) is 0 Å². The molecular weight excluding hydrogens is 162 g/mol. The van der Waals surface area contributed by atoms with Gasteiger partial charge in [-0.15, -0.1) is 0 Å². The minimum Gasteiger partial charge on any atom is -0.314 e. The van der Waals surface area contributed by atoms with Crippen LogP contribution in [0, 0.1) is 0 Å². The maximum Gasteiger partial charge on any atom is 0.131 e. The molecule has 1 aliphatic carbocycles. The lowest BCUT2D eigenvalue weighted by atomic mass is 9.85. The standard InChI is InChI=1S/C10H15N3/c1-11-7-9-5-6-12-10(13-9)8-3-2-4-8/h5-6,8,11H,2-4,7H2,1H3. The fraction of sp³-hybridized carbons (Fsp3) is 0.600. The van der Waals surface area contributed by atoms with Crippen molar-refractivity contribution < 1.29 is 0 Å². The average molecular weight is 177 g/mol. The molecule has 2 rings (SSSR count). The van der Waals surface area contributed by atoms with E-state index >= 15 is 0 Å². The molecule has 1 heterocycles. The molecule has 0 unspecified atom stereocenters. The van der Waals surface area contributed by atoms with Gasteiger partial charge in [0.1, 0.15) is 5.82 Å². The second kappa shape index (κ2) is 3.83. The summed E-state index contributed by atoms with van der Waals surface area (Å²) in [4.78, 5) is 8.82. The molecular formula is C10H15N3. The minimum atomic E-state index is 0.636. The van der Waals surface area contributed by atoms with E-state index in [0.717, 1.165) is 18.1 Å². The Hall–Kier alpha value is -0.960. The Balaban J connectivity index is 2.11. The van der Waals surface area contributed by atoms with Crippen LogP contribution in [-0.4, -0.2) is 17.0 Å². The second-order valence-electron chi connectivity index (χ2n) is 3.56. The maximum absolute atomic E-state index is 4.51. The van der Waals surface area contributed by atoms with E-state index in [1.54, 1.807) is 0 Å². The SMILES string of the molecule is CNCc1ccnc(C2CCC2)n1. The van der Waals surface area contributed by atoms with Gasteiger partial charge in [0.2, 0.25) is 0 Å². The van der Waals surface area contributed by atoms with Crippen molar-refractivity contribution >= 4 is 0 Å². The summed E-state index contributed by atoms with van der Waals surface area (Å²) in [7, 11) is 1.94. The first kappa shape index (κ1) is 8.63. The van der Waals surface area contributed by atoms with Crippen LogP contribution < -0.4 is 5.32 Å². The highest BCUT2D eigenvalue weighted by Gasteiger charge is 2.21. The molecule has 3 heteroatoms. The van der Waals surface area contributed by atoms with Gasteiger partial charge in [-0.3, -0.25) is 0 Å². The van der Waals surface area contributed by atoms with Crippen LogP contribution in [0.5, 0.6) is 0 Å². The van der Waals surface area contributed by atoms with Crippen molar-refractivity contribution in [1.29, 1.82) is 0 Å². The van der Waals surface area contributed by atoms with Gasteiger partial charge in [0.15, 0.2) is 0 Å². The Morgan fingerprint density at radius 2 is 2.38 bits per heavy atom. The van der Waals surface area contributed by atoms with Gasteiger partial charge in [0.05, 0.1) is 5.69 Å². The van der Waals surface area contributed by atoms with Crippen molar-refractivity contribution in [1.82, 2.24) is 15.3 Å². The van der Waals surface area contributed by atoms with Crippen LogP contribution in [-0.2, 0) is 6.54 Å². The van der Waals surface area contributed by atoms with E-state index in [9.17, 15) is 0 Å². The number of nitrogens with zero attached hydrogens (tertiary/aromatic N) is 2. The average Bonchev–Trinajstić information content (AvgIpc) is 2.02. The fourth-order valence-corrected chi connectivity index (χ4v) is 1.56. The van der Waals surface area contributed by atoms with E-state index in [1.165, 1.54) is 19.3 Å². The molecule has 1 aromatic rings. The van der Waals surface area contributed by atoms with Crippen molar-refractivity contribution in [3.05, 3.63) is 23.8 Å². The molecule has 0 radical (unpaired) electrons. The molecule has 0 bridgehead atoms. The molecule has 1 aromatic heterocycles. The fourth-order valence-electron chi connectivity index (χ4n) is 1.56. The minimum absolute atomic E-state index is 0.636. The second-order valence-corrected chi connectivity index (χ2v) is 3.56. The quantitative estimate of drug-likeness (QED) is 0.759. The highest BCUT2D eigenvalue weighted by Crippen LogP contribution is 2.33. The van der Waals surface area contributed by atoms with E-state index in [0.29, 0.717) is 5.92 Å². The third kappa shape index (κ3) is 1.86. The van der Waals surface area contributed by atoms with E-state index in [1.807, 2.05) is 19.3 Å². The Labute approximate surface area is 78.6 Å². The molecule has 1 aliphatic rings. The molecule has 0 aromatic carbocycles. The van der Waals surface area contributed by atoms with Gasteiger partial charge in [-0.05, 0) is 26.0 Å². The summed E-state index contributed by atoms with van der Waals surface area (Å²) in [5.74, 6) is 1.68. The van der Waals surface area contributed by atoms with Crippen molar-refractivity contribution in [3.63, 3.8) is 0 Å². The van der Waals surface area contributed by atoms with Crippen LogP contribution in [0.15, 0.2) is 12.3 Å². The van der Waals surface area contributed by atoms with Crippen LogP contribution in [0.3, 0.4) is 0 Å². The smallest absolute Gasteiger partial charge is 0.131 e. The molecule has 1 N–H and O–H groups in total. The first-order valence-corrected chi connectivity index (χ1v) is 4.86. The number of hydrogen-bond acceptors (Lipinski definition) is 3. The third-order valence-electron chi connectivity index (χ3n) is 2.56. The van der Waals surface area contributed by atoms with Crippen LogP contribution >= 0.6 is 0 Å². The molecule has 1 fully saturated rings. The van der Waals surface area contributed by atoms with E-state index in [-0.39, 0.29) is 0 Å². The summed E-state index contributed by atoms with van der Waals surface area (Å²) in [6.07, 6.45) is 5.74. The summed E-state index contributed by atoms with van der Waals surface area (Å²) in [6.45, 7) is 0.836. The Kier molecular flexibility index (Phi) is 2.54. The normalized spacial score (nSPS) is 17.0. The zero-order valence-corrected chi connectivity index (χ0v) is 7.95. The summed E-state index contributed by atoms with van der Waals surface area (Å²) in [5.41, 5.74) is 1.10. The molecule has 0 aliphatic heterocycles. The van der Waals surface area contributed by atoms with E-state index in [2.05, 4.69) is 15.3 Å². The molecule has 13 heavy (non-hydrogen) atoms. The Morgan fingerprint density at radius 1 is 1.54 bits per heavy atom. The topological polar surface area (TPSA) is 37.8 Å². The van der Waals surface area contributed by atoms with Crippen LogP contribution in [0.25, 0.3) is 0 Å². The molecule has 70 valence electrons. The van der Waals surface area contributed by atoms with Crippen molar-refractivity contribution in [3.8, 4) is 0 Å². The van der Waals surface area contributed by atoms with Crippen LogP contribution in [0.1, 0.15) is 36.7 Å². The van der Waals surface area contributed by atoms with Gasteiger partial charge < -0.3 is 5.32 Å². The van der Waals surface area contributed by atoms with Gasteiger partial charge in [0, 0.05) is 18.7 Å². The van der Waals surface area contributed by atoms with Gasteiger partial charge in [-0.1, -0.05) is 6.42 Å². The number of nitrogens with one attached hydrogen (secondary N) is 1. The van der Waals surface area contributed by atoms with Crippen molar-refractivity contribution in [2.75, 3.05) is 7.05 Å². The lowest BCUT2D eigenvalue weighted by molar-refractivity contribution is 0.400. The first-order chi connectivity index (χ1) is 6.40. The van der Waals surface area contributed by atoms with Crippen LogP contribution in [0.2, 0.25) is 0 Å². The largest absolute Gasteiger partial charge is 0.314 e. The lowest BCUT2D eigenvalue weighted by Crippen LogP contribution is -2.15. The zero-order chi connectivity index (χ0) is 9.10. The zero-order valence-electron chi connectivity index (χ0n) is 7.95. The number of hydrogen-bond donors (Lipinski definition) is 1. The first-order valence-electron chi connectivity index (χ1n) is 4.86. The summed E-state index contributed by atoms with van der Waals surface area (Å²) in [5, 5.41) is 3.10. The molecule has 3 nitrogen and oxygen atoms in total. The molecule has 0 spiro atoms. The lowest BCUT2D eigenvalue weighted by Gasteiger charge is -2.23. The summed E-state index contributed by atoms with van der Waals surface area (Å²) >= 11 is 0. The molecule has 0 atom stereocenters. The van der Waals surface area contributed by atoms with Crippen molar-refractivity contribution in [2.24, 2.45) is 0 Å². The van der Waals surface area contributed by atoms with Gasteiger partial charge in [-0.2, -0.15) is 0 Å². The van der Waals surface area contributed by atoms with E-state index in [4.69, 9.17) is 0 Å². The monoisotopic (exact) mass is 177 g/mol. The molecule has 0 amide bonds. The van der Waals surface area contributed by atoms with Crippen LogP contribution in [0.4, 0.5) is 0 Å². The summed E-state index contributed by atoms with van der Waals surface area (Å²) in [6, 6.07) is 1.97. The highest BCUT2D eigenvalue weighted by atomic mass is 14.9. The third-order valence-corrected chi connectivity index (χ3v) is 2.56. The number of aromatic nitrogens is 2. The van der Waals surface area contributed by atoms with Gasteiger partial charge >= 0.3 is 0 Å². The molecule has 0 saturated heterocycles. The Morgan fingerprint density at radius 3 is 3.00 bits per heavy atom. The highest BCUT2D eigenvalue weighted by molar-refractivity contribution is 5.07. The predicted octanol–water partition coefficient (Wildman–Crippen LogP) is 1.46. The van der Waals surface area contributed by atoms with Gasteiger partial charge in [-0.25, -0.2) is 9.97 Å². The van der Waals surface area contributed by atoms with E-state index < -0.39 is 0 Å². The molecule has 1 saturated carbocycles. The van der Waals surface area contributed by atoms with Crippen molar-refractivity contribution in [2.45, 2.75) is 31.7 Å². The Bertz CT molecular complexity index is 281. The maximum atomic E-state index is 4.51.